The number of aromatic nitrogens is 1. The number of pyridine rings is 1. The molecule has 3 heterocycles. The maximum Gasteiger partial charge on any atom is 0.272 e. The highest BCUT2D eigenvalue weighted by atomic mass is 32.2. The number of aryl methyl sites for hydroxylation is 2. The van der Waals surface area contributed by atoms with E-state index in [1.165, 1.54) is 16.3 Å². The van der Waals surface area contributed by atoms with Crippen molar-refractivity contribution in [2.24, 2.45) is 0 Å². The summed E-state index contributed by atoms with van der Waals surface area (Å²) in [5, 5.41) is 0. The van der Waals surface area contributed by atoms with E-state index in [4.69, 9.17) is 4.74 Å². The van der Waals surface area contributed by atoms with Crippen molar-refractivity contribution in [2.45, 2.75) is 30.6 Å². The molecule has 0 radical (unpaired) electrons. The Balaban J connectivity index is 1.25. The standard InChI is InChI=1S/C24H30N4O4S/c29-24(23-18-21(7-8-25-23)26-13-15-32-16-14-26)27-9-11-28(12-10-27)33(30,31)22-6-5-19-3-1-2-4-20(19)17-22/h5-8,17-18H,1-4,9-16H2. The van der Waals surface area contributed by atoms with E-state index < -0.39 is 10.0 Å². The molecule has 1 aromatic carbocycles. The van der Waals surface area contributed by atoms with Crippen molar-refractivity contribution in [1.29, 1.82) is 0 Å². The van der Waals surface area contributed by atoms with Gasteiger partial charge < -0.3 is 14.5 Å². The largest absolute Gasteiger partial charge is 0.378 e. The first-order valence-corrected chi connectivity index (χ1v) is 13.2. The van der Waals surface area contributed by atoms with Gasteiger partial charge in [-0.2, -0.15) is 4.31 Å². The summed E-state index contributed by atoms with van der Waals surface area (Å²) in [5.74, 6) is -0.157. The Bertz CT molecular complexity index is 1120. The Hall–Kier alpha value is -2.49. The molecule has 33 heavy (non-hydrogen) atoms. The molecule has 0 atom stereocenters. The molecule has 9 heteroatoms. The third kappa shape index (κ3) is 4.62. The van der Waals surface area contributed by atoms with Crippen LogP contribution in [-0.4, -0.2) is 81.0 Å². The minimum atomic E-state index is -3.57. The SMILES string of the molecule is O=C(c1cc(N2CCOCC2)ccn1)N1CCN(S(=O)(=O)c2ccc3c(c2)CCCC3)CC1. The van der Waals surface area contributed by atoms with Gasteiger partial charge in [-0.1, -0.05) is 6.07 Å². The Labute approximate surface area is 195 Å². The number of nitrogens with zero attached hydrogens (tertiary/aromatic N) is 4. The van der Waals surface area contributed by atoms with Gasteiger partial charge in [0.25, 0.3) is 5.91 Å². The highest BCUT2D eigenvalue weighted by molar-refractivity contribution is 7.89. The molecule has 0 N–H and O–H groups in total. The van der Waals surface area contributed by atoms with Crippen molar-refractivity contribution in [3.05, 3.63) is 53.3 Å². The first kappa shape index (κ1) is 22.3. The number of benzene rings is 1. The number of morpholine rings is 1. The monoisotopic (exact) mass is 470 g/mol. The third-order valence-electron chi connectivity index (χ3n) is 6.82. The van der Waals surface area contributed by atoms with E-state index in [-0.39, 0.29) is 19.0 Å². The van der Waals surface area contributed by atoms with E-state index in [0.29, 0.717) is 36.9 Å². The summed E-state index contributed by atoms with van der Waals surface area (Å²) in [6.45, 7) is 4.20. The lowest BCUT2D eigenvalue weighted by Crippen LogP contribution is -2.50. The van der Waals surface area contributed by atoms with Gasteiger partial charge in [0, 0.05) is 51.2 Å². The summed E-state index contributed by atoms with van der Waals surface area (Å²) in [5.41, 5.74) is 3.78. The van der Waals surface area contributed by atoms with E-state index in [9.17, 15) is 13.2 Å². The zero-order valence-electron chi connectivity index (χ0n) is 18.8. The van der Waals surface area contributed by atoms with Crippen LogP contribution in [0.1, 0.15) is 34.5 Å². The Morgan fingerprint density at radius 1 is 0.879 bits per heavy atom. The molecule has 2 aliphatic heterocycles. The third-order valence-corrected chi connectivity index (χ3v) is 8.72. The fraction of sp³-hybridized carbons (Fsp3) is 0.500. The molecular formula is C24H30N4O4S. The second-order valence-corrected chi connectivity index (χ2v) is 10.8. The lowest BCUT2D eigenvalue weighted by atomic mass is 9.92. The van der Waals surface area contributed by atoms with Crippen molar-refractivity contribution in [3.63, 3.8) is 0 Å². The fourth-order valence-electron chi connectivity index (χ4n) is 4.87. The number of fused-ring (bicyclic) bond motifs is 1. The van der Waals surface area contributed by atoms with Gasteiger partial charge in [0.15, 0.2) is 0 Å². The van der Waals surface area contributed by atoms with E-state index in [1.807, 2.05) is 24.3 Å². The summed E-state index contributed by atoms with van der Waals surface area (Å²) in [6.07, 6.45) is 5.90. The van der Waals surface area contributed by atoms with Gasteiger partial charge in [-0.05, 0) is 61.1 Å². The molecule has 0 spiro atoms. The molecule has 1 aliphatic carbocycles. The van der Waals surface area contributed by atoms with Crippen LogP contribution in [0.5, 0.6) is 0 Å². The zero-order chi connectivity index (χ0) is 22.8. The van der Waals surface area contributed by atoms with Crippen molar-refractivity contribution in [1.82, 2.24) is 14.2 Å². The summed E-state index contributed by atoms with van der Waals surface area (Å²) >= 11 is 0. The number of hydrogen-bond donors (Lipinski definition) is 0. The lowest BCUT2D eigenvalue weighted by molar-refractivity contribution is 0.0692. The number of piperazine rings is 1. The van der Waals surface area contributed by atoms with Gasteiger partial charge in [0.2, 0.25) is 10.0 Å². The first-order valence-electron chi connectivity index (χ1n) is 11.7. The van der Waals surface area contributed by atoms with Gasteiger partial charge in [0.05, 0.1) is 18.1 Å². The number of carbonyl (C=O) groups is 1. The highest BCUT2D eigenvalue weighted by Crippen LogP contribution is 2.26. The number of ether oxygens (including phenoxy) is 1. The van der Waals surface area contributed by atoms with Gasteiger partial charge in [0.1, 0.15) is 5.69 Å². The molecule has 3 aliphatic rings. The quantitative estimate of drug-likeness (QED) is 0.679. The van der Waals surface area contributed by atoms with Crippen LogP contribution in [0.4, 0.5) is 5.69 Å². The predicted molar refractivity (Wildman–Crippen MR) is 125 cm³/mol. The van der Waals surface area contributed by atoms with Gasteiger partial charge in [-0.15, -0.1) is 0 Å². The molecule has 2 saturated heterocycles. The second kappa shape index (κ2) is 9.40. The topological polar surface area (TPSA) is 83.1 Å². The van der Waals surface area contributed by atoms with E-state index in [0.717, 1.165) is 43.6 Å². The Kier molecular flexibility index (Phi) is 6.36. The van der Waals surface area contributed by atoms with Gasteiger partial charge in [-0.3, -0.25) is 9.78 Å². The minimum absolute atomic E-state index is 0.157. The van der Waals surface area contributed by atoms with Crippen molar-refractivity contribution < 1.29 is 17.9 Å². The van der Waals surface area contributed by atoms with Crippen LogP contribution in [-0.2, 0) is 27.6 Å². The maximum atomic E-state index is 13.2. The van der Waals surface area contributed by atoms with Crippen molar-refractivity contribution >= 4 is 21.6 Å². The summed E-state index contributed by atoms with van der Waals surface area (Å²) in [7, 11) is -3.57. The average Bonchev–Trinajstić information content (AvgIpc) is 2.88. The van der Waals surface area contributed by atoms with Gasteiger partial charge in [-0.25, -0.2) is 8.42 Å². The first-order chi connectivity index (χ1) is 16.0. The predicted octanol–water partition coefficient (Wildman–Crippen LogP) is 1.94. The number of amides is 1. The number of anilines is 1. The van der Waals surface area contributed by atoms with Crippen LogP contribution in [0.15, 0.2) is 41.4 Å². The average molecular weight is 471 g/mol. The number of carbonyl (C=O) groups excluding carboxylic acids is 1. The molecule has 0 unspecified atom stereocenters. The van der Waals surface area contributed by atoms with E-state index >= 15 is 0 Å². The fourth-order valence-corrected chi connectivity index (χ4v) is 6.34. The molecule has 2 aromatic rings. The van der Waals surface area contributed by atoms with Crippen LogP contribution in [0.2, 0.25) is 0 Å². The van der Waals surface area contributed by atoms with Crippen LogP contribution < -0.4 is 4.90 Å². The Morgan fingerprint density at radius 3 is 2.36 bits per heavy atom. The normalized spacial score (nSPS) is 19.9. The van der Waals surface area contributed by atoms with Gasteiger partial charge >= 0.3 is 0 Å². The van der Waals surface area contributed by atoms with Crippen LogP contribution in [0.3, 0.4) is 0 Å². The van der Waals surface area contributed by atoms with E-state index in [1.54, 1.807) is 17.2 Å². The lowest BCUT2D eigenvalue weighted by Gasteiger charge is -2.34. The molecule has 0 bridgehead atoms. The van der Waals surface area contributed by atoms with Crippen LogP contribution in [0.25, 0.3) is 0 Å². The summed E-state index contributed by atoms with van der Waals surface area (Å²) in [6, 6.07) is 9.28. The zero-order valence-corrected chi connectivity index (χ0v) is 19.6. The summed E-state index contributed by atoms with van der Waals surface area (Å²) in [4.78, 5) is 21.6. The molecule has 5 rings (SSSR count). The van der Waals surface area contributed by atoms with E-state index in [2.05, 4.69) is 9.88 Å². The van der Waals surface area contributed by atoms with Crippen molar-refractivity contribution in [3.8, 4) is 0 Å². The second-order valence-electron chi connectivity index (χ2n) is 8.83. The number of hydrogen-bond acceptors (Lipinski definition) is 6. The number of rotatable bonds is 4. The smallest absolute Gasteiger partial charge is 0.272 e. The van der Waals surface area contributed by atoms with Crippen molar-refractivity contribution in [2.75, 3.05) is 57.4 Å². The molecule has 2 fully saturated rings. The molecule has 1 amide bonds. The molecule has 176 valence electrons. The number of sulfonamides is 1. The maximum absolute atomic E-state index is 13.2. The summed E-state index contributed by atoms with van der Waals surface area (Å²) < 4.78 is 33.4. The molecule has 0 saturated carbocycles. The molecule has 8 nitrogen and oxygen atoms in total. The Morgan fingerprint density at radius 2 is 1.61 bits per heavy atom. The highest BCUT2D eigenvalue weighted by Gasteiger charge is 2.31. The van der Waals surface area contributed by atoms with Crippen LogP contribution >= 0.6 is 0 Å². The molecular weight excluding hydrogens is 440 g/mol. The molecule has 1 aromatic heterocycles. The van der Waals surface area contributed by atoms with Crippen LogP contribution in [0, 0.1) is 0 Å². The minimum Gasteiger partial charge on any atom is -0.378 e.